The number of hydrogen-bond acceptors (Lipinski definition) is 3. The Bertz CT molecular complexity index is 1060. The van der Waals surface area contributed by atoms with Gasteiger partial charge in [0.15, 0.2) is 0 Å². The first-order chi connectivity index (χ1) is 15.9. The van der Waals surface area contributed by atoms with Crippen LogP contribution < -0.4 is 10.6 Å². The highest BCUT2D eigenvalue weighted by Gasteiger charge is 2.08. The Morgan fingerprint density at radius 3 is 2.27 bits per heavy atom. The topological polar surface area (TPSA) is 61.4 Å². The van der Waals surface area contributed by atoms with Crippen LogP contribution in [0.4, 0.5) is 0 Å². The average Bonchev–Trinajstić information content (AvgIpc) is 2.81. The second kappa shape index (κ2) is 12.2. The maximum atomic E-state index is 12.3. The molecule has 0 aromatic heterocycles. The van der Waals surface area contributed by atoms with E-state index < -0.39 is 0 Å². The first kappa shape index (κ1) is 24.5. The van der Waals surface area contributed by atoms with Crippen LogP contribution in [0.2, 0.25) is 5.02 Å². The molecular formula is C27H30ClN3O2. The van der Waals surface area contributed by atoms with Crippen LogP contribution in [0.5, 0.6) is 0 Å². The van der Waals surface area contributed by atoms with Gasteiger partial charge >= 0.3 is 0 Å². The Kier molecular flexibility index (Phi) is 9.04. The molecule has 33 heavy (non-hydrogen) atoms. The third kappa shape index (κ3) is 7.74. The minimum Gasteiger partial charge on any atom is -0.352 e. The van der Waals surface area contributed by atoms with Crippen LogP contribution in [0, 0.1) is 0 Å². The Morgan fingerprint density at radius 2 is 1.58 bits per heavy atom. The van der Waals surface area contributed by atoms with Crippen LogP contribution in [0.3, 0.4) is 0 Å². The molecule has 5 nitrogen and oxygen atoms in total. The van der Waals surface area contributed by atoms with Gasteiger partial charge in [-0.05, 0) is 67.0 Å². The molecule has 0 radical (unpaired) electrons. The second-order valence-electron chi connectivity index (χ2n) is 8.23. The third-order valence-corrected chi connectivity index (χ3v) is 5.48. The van der Waals surface area contributed by atoms with Crippen LogP contribution in [-0.2, 0) is 17.9 Å². The van der Waals surface area contributed by atoms with E-state index in [2.05, 4.69) is 60.0 Å². The predicted octanol–water partition coefficient (Wildman–Crippen LogP) is 4.90. The van der Waals surface area contributed by atoms with E-state index in [-0.39, 0.29) is 11.8 Å². The summed E-state index contributed by atoms with van der Waals surface area (Å²) in [4.78, 5) is 26.6. The lowest BCUT2D eigenvalue weighted by molar-refractivity contribution is -0.121. The molecule has 0 aliphatic rings. The highest BCUT2D eigenvalue weighted by molar-refractivity contribution is 6.30. The van der Waals surface area contributed by atoms with Gasteiger partial charge in [0.1, 0.15) is 0 Å². The Morgan fingerprint density at radius 1 is 0.879 bits per heavy atom. The Labute approximate surface area is 200 Å². The SMILES string of the molecule is CN(C)Cc1ccc(-c2ccccc2CNC(=O)CCCNC(=O)c2ccc(Cl)cc2)cc1. The molecule has 0 heterocycles. The fourth-order valence-electron chi connectivity index (χ4n) is 3.55. The van der Waals surface area contributed by atoms with Gasteiger partial charge in [0.25, 0.3) is 5.91 Å². The number of nitrogens with one attached hydrogen (secondary N) is 2. The normalized spacial score (nSPS) is 10.8. The summed E-state index contributed by atoms with van der Waals surface area (Å²) in [5.41, 5.74) is 5.13. The van der Waals surface area contributed by atoms with Crippen LogP contribution in [0.15, 0.2) is 72.8 Å². The molecule has 0 aliphatic carbocycles. The van der Waals surface area contributed by atoms with Crippen molar-refractivity contribution < 1.29 is 9.59 Å². The van der Waals surface area contributed by atoms with Crippen LogP contribution in [0.1, 0.15) is 34.3 Å². The first-order valence-corrected chi connectivity index (χ1v) is 11.4. The van der Waals surface area contributed by atoms with E-state index in [1.54, 1.807) is 24.3 Å². The summed E-state index contributed by atoms with van der Waals surface area (Å²) < 4.78 is 0. The number of carbonyl (C=O) groups excluding carboxylic acids is 2. The molecule has 3 aromatic carbocycles. The van der Waals surface area contributed by atoms with Crippen molar-refractivity contribution in [1.29, 1.82) is 0 Å². The van der Waals surface area contributed by atoms with Crippen LogP contribution >= 0.6 is 11.6 Å². The molecule has 3 rings (SSSR count). The summed E-state index contributed by atoms with van der Waals surface area (Å²) in [6.45, 7) is 1.80. The molecule has 0 atom stereocenters. The van der Waals surface area contributed by atoms with Gasteiger partial charge < -0.3 is 15.5 Å². The molecule has 0 saturated carbocycles. The number of nitrogens with zero attached hydrogens (tertiary/aromatic N) is 1. The monoisotopic (exact) mass is 463 g/mol. The van der Waals surface area contributed by atoms with Crippen molar-refractivity contribution >= 4 is 23.4 Å². The zero-order valence-corrected chi connectivity index (χ0v) is 19.9. The summed E-state index contributed by atoms with van der Waals surface area (Å²) in [6.07, 6.45) is 0.919. The lowest BCUT2D eigenvalue weighted by Gasteiger charge is -2.13. The quantitative estimate of drug-likeness (QED) is 0.420. The molecular weight excluding hydrogens is 434 g/mol. The number of hydrogen-bond donors (Lipinski definition) is 2. The summed E-state index contributed by atoms with van der Waals surface area (Å²) >= 11 is 5.84. The first-order valence-electron chi connectivity index (χ1n) is 11.0. The standard InChI is InChI=1S/C27H30ClN3O2/c1-31(2)19-20-9-11-21(12-10-20)25-7-4-3-6-23(25)18-30-26(32)8-5-17-29-27(33)22-13-15-24(28)16-14-22/h3-4,6-7,9-16H,5,8,17-19H2,1-2H3,(H,29,33)(H,30,32). The van der Waals surface area contributed by atoms with E-state index >= 15 is 0 Å². The molecule has 2 amide bonds. The Balaban J connectivity index is 1.46. The molecule has 2 N–H and O–H groups in total. The van der Waals surface area contributed by atoms with Gasteiger partial charge in [-0.25, -0.2) is 0 Å². The smallest absolute Gasteiger partial charge is 0.251 e. The maximum Gasteiger partial charge on any atom is 0.251 e. The minimum atomic E-state index is -0.169. The van der Waals surface area contributed by atoms with Crippen molar-refractivity contribution in [3.63, 3.8) is 0 Å². The van der Waals surface area contributed by atoms with Crippen molar-refractivity contribution in [2.75, 3.05) is 20.6 Å². The van der Waals surface area contributed by atoms with E-state index in [0.717, 1.165) is 23.2 Å². The van der Waals surface area contributed by atoms with E-state index in [9.17, 15) is 9.59 Å². The van der Waals surface area contributed by atoms with E-state index in [0.29, 0.717) is 36.5 Å². The minimum absolute atomic E-state index is 0.0353. The van der Waals surface area contributed by atoms with Gasteiger partial charge in [-0.2, -0.15) is 0 Å². The number of rotatable bonds is 10. The van der Waals surface area contributed by atoms with Crippen molar-refractivity contribution in [3.05, 3.63) is 94.5 Å². The number of amides is 2. The largest absolute Gasteiger partial charge is 0.352 e. The highest BCUT2D eigenvalue weighted by atomic mass is 35.5. The maximum absolute atomic E-state index is 12.3. The van der Waals surface area contributed by atoms with E-state index in [4.69, 9.17) is 11.6 Å². The molecule has 0 unspecified atom stereocenters. The van der Waals surface area contributed by atoms with Crippen molar-refractivity contribution in [3.8, 4) is 11.1 Å². The van der Waals surface area contributed by atoms with Crippen molar-refractivity contribution in [2.45, 2.75) is 25.9 Å². The van der Waals surface area contributed by atoms with Gasteiger partial charge in [0.2, 0.25) is 5.91 Å². The third-order valence-electron chi connectivity index (χ3n) is 5.23. The molecule has 172 valence electrons. The molecule has 6 heteroatoms. The summed E-state index contributed by atoms with van der Waals surface area (Å²) in [6, 6.07) is 23.4. The Hall–Kier alpha value is -3.15. The van der Waals surface area contributed by atoms with Crippen molar-refractivity contribution in [2.24, 2.45) is 0 Å². The lowest BCUT2D eigenvalue weighted by atomic mass is 9.98. The fraction of sp³-hybridized carbons (Fsp3) is 0.259. The highest BCUT2D eigenvalue weighted by Crippen LogP contribution is 2.24. The predicted molar refractivity (Wildman–Crippen MR) is 134 cm³/mol. The molecule has 0 fully saturated rings. The molecule has 0 spiro atoms. The summed E-state index contributed by atoms with van der Waals surface area (Å²) in [5, 5.41) is 6.42. The fourth-order valence-corrected chi connectivity index (χ4v) is 3.67. The van der Waals surface area contributed by atoms with E-state index in [1.165, 1.54) is 5.56 Å². The van der Waals surface area contributed by atoms with Crippen LogP contribution in [0.25, 0.3) is 11.1 Å². The van der Waals surface area contributed by atoms with Gasteiger partial charge in [0.05, 0.1) is 0 Å². The van der Waals surface area contributed by atoms with Gasteiger partial charge in [0, 0.05) is 36.6 Å². The number of carbonyl (C=O) groups is 2. The molecule has 0 saturated heterocycles. The summed E-state index contributed by atoms with van der Waals surface area (Å²) in [5.74, 6) is -0.204. The van der Waals surface area contributed by atoms with Crippen LogP contribution in [-0.4, -0.2) is 37.4 Å². The number of benzene rings is 3. The lowest BCUT2D eigenvalue weighted by Crippen LogP contribution is -2.27. The van der Waals surface area contributed by atoms with Gasteiger partial charge in [-0.3, -0.25) is 9.59 Å². The zero-order valence-electron chi connectivity index (χ0n) is 19.1. The number of halogens is 1. The second-order valence-corrected chi connectivity index (χ2v) is 8.67. The molecule has 0 bridgehead atoms. The van der Waals surface area contributed by atoms with Crippen molar-refractivity contribution in [1.82, 2.24) is 15.5 Å². The molecule has 3 aromatic rings. The van der Waals surface area contributed by atoms with E-state index in [1.807, 2.05) is 18.2 Å². The average molecular weight is 464 g/mol. The van der Waals surface area contributed by atoms with Gasteiger partial charge in [-0.1, -0.05) is 60.1 Å². The zero-order chi connectivity index (χ0) is 23.6. The van der Waals surface area contributed by atoms with Gasteiger partial charge in [-0.15, -0.1) is 0 Å². The molecule has 0 aliphatic heterocycles. The summed E-state index contributed by atoms with van der Waals surface area (Å²) in [7, 11) is 4.11.